The van der Waals surface area contributed by atoms with E-state index in [-0.39, 0.29) is 10.8 Å². The molecule has 0 bridgehead atoms. The molecule has 0 radical (unpaired) electrons. The first-order valence-electron chi connectivity index (χ1n) is 6.06. The molecule has 0 atom stereocenters. The fourth-order valence-electron chi connectivity index (χ4n) is 1.89. The molecule has 19 heavy (non-hydrogen) atoms. The summed E-state index contributed by atoms with van der Waals surface area (Å²) < 4.78 is 30.4. The van der Waals surface area contributed by atoms with Gasteiger partial charge in [-0.1, -0.05) is 11.6 Å². The highest BCUT2D eigenvalue weighted by Gasteiger charge is 2.51. The monoisotopic (exact) mass is 286 g/mol. The zero-order valence-electron chi connectivity index (χ0n) is 11.7. The zero-order valence-corrected chi connectivity index (χ0v) is 12.5. The van der Waals surface area contributed by atoms with Crippen molar-refractivity contribution >= 4 is 24.2 Å². The molecule has 1 aromatic carbocycles. The third-order valence-corrected chi connectivity index (χ3v) is 4.03. The Morgan fingerprint density at radius 3 is 2.11 bits per heavy atom. The van der Waals surface area contributed by atoms with E-state index in [1.54, 1.807) is 6.07 Å². The SMILES string of the molecule is COc1c(F)cc(B2OC(C)(C)C(C)(C)O2)cc1Cl. The summed E-state index contributed by atoms with van der Waals surface area (Å²) in [6.07, 6.45) is 0. The van der Waals surface area contributed by atoms with Crippen molar-refractivity contribution in [3.63, 3.8) is 0 Å². The van der Waals surface area contributed by atoms with E-state index in [4.69, 9.17) is 25.6 Å². The van der Waals surface area contributed by atoms with Crippen LogP contribution in [0, 0.1) is 5.82 Å². The maximum atomic E-state index is 13.8. The third kappa shape index (κ3) is 2.47. The Kier molecular flexibility index (Phi) is 3.58. The maximum Gasteiger partial charge on any atom is 0.494 e. The number of hydrogen-bond acceptors (Lipinski definition) is 3. The smallest absolute Gasteiger partial charge is 0.492 e. The van der Waals surface area contributed by atoms with Crippen molar-refractivity contribution < 1.29 is 18.4 Å². The molecule has 2 rings (SSSR count). The second-order valence-electron chi connectivity index (χ2n) is 5.61. The molecule has 0 aliphatic carbocycles. The van der Waals surface area contributed by atoms with Crippen molar-refractivity contribution in [2.45, 2.75) is 38.9 Å². The van der Waals surface area contributed by atoms with Gasteiger partial charge in [0.1, 0.15) is 0 Å². The van der Waals surface area contributed by atoms with Gasteiger partial charge in [-0.15, -0.1) is 0 Å². The van der Waals surface area contributed by atoms with Crippen LogP contribution in [-0.4, -0.2) is 25.4 Å². The van der Waals surface area contributed by atoms with Crippen molar-refractivity contribution in [2.24, 2.45) is 0 Å². The van der Waals surface area contributed by atoms with Gasteiger partial charge in [-0.05, 0) is 45.3 Å². The van der Waals surface area contributed by atoms with Crippen LogP contribution in [0.1, 0.15) is 27.7 Å². The molecule has 104 valence electrons. The predicted octanol–water partition coefficient (Wildman–Crippen LogP) is 2.79. The maximum absolute atomic E-state index is 13.8. The summed E-state index contributed by atoms with van der Waals surface area (Å²) in [7, 11) is 0.738. The van der Waals surface area contributed by atoms with Crippen LogP contribution in [0.2, 0.25) is 5.02 Å². The molecular weight excluding hydrogens is 269 g/mol. The number of benzene rings is 1. The van der Waals surface area contributed by atoms with E-state index < -0.39 is 24.1 Å². The highest BCUT2D eigenvalue weighted by Crippen LogP contribution is 2.37. The van der Waals surface area contributed by atoms with Gasteiger partial charge in [0.15, 0.2) is 11.6 Å². The highest BCUT2D eigenvalue weighted by atomic mass is 35.5. The number of ether oxygens (including phenoxy) is 1. The van der Waals surface area contributed by atoms with Gasteiger partial charge in [0, 0.05) is 0 Å². The molecule has 1 heterocycles. The van der Waals surface area contributed by atoms with Crippen molar-refractivity contribution in [3.8, 4) is 5.75 Å². The van der Waals surface area contributed by atoms with Gasteiger partial charge in [0.25, 0.3) is 0 Å². The zero-order chi connectivity index (χ0) is 14.4. The predicted molar refractivity (Wildman–Crippen MR) is 73.7 cm³/mol. The normalized spacial score (nSPS) is 20.7. The summed E-state index contributed by atoms with van der Waals surface area (Å²) in [5.74, 6) is -0.498. The molecule has 0 unspecified atom stereocenters. The average Bonchev–Trinajstić information content (AvgIpc) is 2.47. The van der Waals surface area contributed by atoms with Gasteiger partial charge in [0.05, 0.1) is 23.3 Å². The van der Waals surface area contributed by atoms with E-state index in [9.17, 15) is 4.39 Å². The van der Waals surface area contributed by atoms with Crippen LogP contribution < -0.4 is 10.2 Å². The van der Waals surface area contributed by atoms with Crippen LogP contribution >= 0.6 is 11.6 Å². The summed E-state index contributed by atoms with van der Waals surface area (Å²) in [6.45, 7) is 7.76. The first kappa shape index (κ1) is 14.6. The van der Waals surface area contributed by atoms with Crippen LogP contribution in [0.5, 0.6) is 5.75 Å². The Hall–Kier alpha value is -0.775. The lowest BCUT2D eigenvalue weighted by Gasteiger charge is -2.32. The van der Waals surface area contributed by atoms with Crippen LogP contribution in [0.25, 0.3) is 0 Å². The van der Waals surface area contributed by atoms with Gasteiger partial charge in [-0.2, -0.15) is 0 Å². The van der Waals surface area contributed by atoms with Crippen molar-refractivity contribution in [1.82, 2.24) is 0 Å². The Balaban J connectivity index is 2.35. The fraction of sp³-hybridized carbons (Fsp3) is 0.538. The minimum Gasteiger partial charge on any atom is -0.492 e. The Labute approximate surface area is 118 Å². The van der Waals surface area contributed by atoms with E-state index in [0.29, 0.717) is 5.46 Å². The van der Waals surface area contributed by atoms with Crippen LogP contribution in [0.15, 0.2) is 12.1 Å². The number of hydrogen-bond donors (Lipinski definition) is 0. The second-order valence-corrected chi connectivity index (χ2v) is 6.01. The molecule has 0 amide bonds. The minimum atomic E-state index is -0.636. The Morgan fingerprint density at radius 2 is 1.68 bits per heavy atom. The largest absolute Gasteiger partial charge is 0.494 e. The van der Waals surface area contributed by atoms with Crippen molar-refractivity contribution in [2.75, 3.05) is 7.11 Å². The van der Waals surface area contributed by atoms with E-state index in [2.05, 4.69) is 0 Å². The van der Waals surface area contributed by atoms with Crippen LogP contribution in [0.3, 0.4) is 0 Å². The Bertz CT molecular complexity index is 466. The highest BCUT2D eigenvalue weighted by molar-refractivity contribution is 6.62. The average molecular weight is 287 g/mol. The number of rotatable bonds is 2. The van der Waals surface area contributed by atoms with Crippen LogP contribution in [0.4, 0.5) is 4.39 Å². The summed E-state index contributed by atoms with van der Waals surface area (Å²) in [4.78, 5) is 0. The van der Waals surface area contributed by atoms with Gasteiger partial charge < -0.3 is 14.0 Å². The van der Waals surface area contributed by atoms with Crippen LogP contribution in [-0.2, 0) is 9.31 Å². The number of halogens is 2. The third-order valence-electron chi connectivity index (χ3n) is 3.75. The minimum absolute atomic E-state index is 0.0296. The fourth-order valence-corrected chi connectivity index (χ4v) is 2.18. The topological polar surface area (TPSA) is 27.7 Å². The van der Waals surface area contributed by atoms with E-state index >= 15 is 0 Å². The standard InChI is InChI=1S/C13H17BClFO3/c1-12(2)13(3,4)19-14(18-12)8-6-9(15)11(17-5)10(16)7-8/h6-7H,1-5H3. The van der Waals surface area contributed by atoms with Gasteiger partial charge >= 0.3 is 7.12 Å². The van der Waals surface area contributed by atoms with Gasteiger partial charge in [-0.3, -0.25) is 0 Å². The van der Waals surface area contributed by atoms with E-state index in [1.165, 1.54) is 13.2 Å². The van der Waals surface area contributed by atoms with Crippen molar-refractivity contribution in [3.05, 3.63) is 23.0 Å². The second kappa shape index (κ2) is 4.65. The summed E-state index contributed by atoms with van der Waals surface area (Å²) in [5, 5.41) is 0.201. The van der Waals surface area contributed by atoms with Crippen molar-refractivity contribution in [1.29, 1.82) is 0 Å². The van der Waals surface area contributed by atoms with E-state index in [1.807, 2.05) is 27.7 Å². The first-order valence-corrected chi connectivity index (χ1v) is 6.44. The lowest BCUT2D eigenvalue weighted by Crippen LogP contribution is -2.41. The first-order chi connectivity index (χ1) is 8.68. The molecule has 0 N–H and O–H groups in total. The number of methoxy groups -OCH3 is 1. The summed E-state index contributed by atoms with van der Waals surface area (Å²) in [6, 6.07) is 2.93. The lowest BCUT2D eigenvalue weighted by molar-refractivity contribution is 0.00578. The molecule has 1 saturated heterocycles. The molecule has 1 aromatic rings. The molecule has 1 aliphatic rings. The van der Waals surface area contributed by atoms with Gasteiger partial charge in [0.2, 0.25) is 0 Å². The van der Waals surface area contributed by atoms with E-state index in [0.717, 1.165) is 0 Å². The molecule has 0 saturated carbocycles. The quantitative estimate of drug-likeness (QED) is 0.783. The molecule has 3 nitrogen and oxygen atoms in total. The summed E-state index contributed by atoms with van der Waals surface area (Å²) >= 11 is 5.98. The van der Waals surface area contributed by atoms with Gasteiger partial charge in [-0.25, -0.2) is 4.39 Å². The molecule has 6 heteroatoms. The molecule has 1 fully saturated rings. The lowest BCUT2D eigenvalue weighted by atomic mass is 9.79. The molecule has 1 aliphatic heterocycles. The molecule has 0 aromatic heterocycles. The molecular formula is C13H17BClFO3. The Morgan fingerprint density at radius 1 is 1.16 bits per heavy atom. The summed E-state index contributed by atoms with van der Waals surface area (Å²) in [5.41, 5.74) is -0.400. The molecule has 0 spiro atoms.